The summed E-state index contributed by atoms with van der Waals surface area (Å²) in [4.78, 5) is 20.8. The topological polar surface area (TPSA) is 60.7 Å². The molecule has 1 aliphatic heterocycles. The summed E-state index contributed by atoms with van der Waals surface area (Å²) in [5.74, 6) is 0.0747. The zero-order valence-corrected chi connectivity index (χ0v) is 15.9. The Bertz CT molecular complexity index is 1350. The normalized spacial score (nSPS) is 15.0. The standard InChI is InChI=1S/C25H19N3O/c1-15-10-11-23-18(12-15)24(29)25(28-23,19-13-26-21-8-4-2-6-16(19)21)20-14-27-22-9-5-3-7-17(20)22/h2-14,26-28H,1H3. The molecule has 0 fully saturated rings. The highest BCUT2D eigenvalue weighted by molar-refractivity contribution is 6.18. The molecule has 4 heteroatoms. The number of hydrogen-bond donors (Lipinski definition) is 3. The van der Waals surface area contributed by atoms with Crippen LogP contribution in [-0.4, -0.2) is 15.8 Å². The van der Waals surface area contributed by atoms with Crippen LogP contribution in [0.1, 0.15) is 27.0 Å². The number of aromatic amines is 2. The first-order valence-corrected chi connectivity index (χ1v) is 9.75. The Morgan fingerprint density at radius 2 is 1.34 bits per heavy atom. The summed E-state index contributed by atoms with van der Waals surface area (Å²) < 4.78 is 0. The van der Waals surface area contributed by atoms with E-state index in [0.717, 1.165) is 49.7 Å². The maximum atomic E-state index is 14.1. The van der Waals surface area contributed by atoms with Gasteiger partial charge in [0.15, 0.2) is 11.3 Å². The van der Waals surface area contributed by atoms with E-state index in [4.69, 9.17) is 0 Å². The summed E-state index contributed by atoms with van der Waals surface area (Å²) in [6, 6.07) is 22.3. The highest BCUT2D eigenvalue weighted by Gasteiger charge is 2.50. The molecule has 3 N–H and O–H groups in total. The summed E-state index contributed by atoms with van der Waals surface area (Å²) in [7, 11) is 0. The Morgan fingerprint density at radius 3 is 1.97 bits per heavy atom. The fourth-order valence-electron chi connectivity index (χ4n) is 4.70. The third kappa shape index (κ3) is 2.06. The molecule has 0 bridgehead atoms. The average molecular weight is 377 g/mol. The van der Waals surface area contributed by atoms with Crippen LogP contribution in [0.5, 0.6) is 0 Å². The molecule has 6 rings (SSSR count). The Morgan fingerprint density at radius 1 is 0.759 bits per heavy atom. The quantitative estimate of drug-likeness (QED) is 0.380. The predicted molar refractivity (Wildman–Crippen MR) is 117 cm³/mol. The second-order valence-electron chi connectivity index (χ2n) is 7.75. The number of Topliss-reactive ketones (excluding diaryl/α,β-unsaturated/α-hetero) is 1. The molecule has 0 spiro atoms. The number of carbonyl (C=O) groups is 1. The molecule has 0 unspecified atom stereocenters. The van der Waals surface area contributed by atoms with Crippen molar-refractivity contribution in [2.45, 2.75) is 12.5 Å². The van der Waals surface area contributed by atoms with Gasteiger partial charge in [-0.15, -0.1) is 0 Å². The van der Waals surface area contributed by atoms with Crippen molar-refractivity contribution in [3.63, 3.8) is 0 Å². The largest absolute Gasteiger partial charge is 0.365 e. The minimum Gasteiger partial charge on any atom is -0.365 e. The molecule has 29 heavy (non-hydrogen) atoms. The maximum Gasteiger partial charge on any atom is 0.199 e. The van der Waals surface area contributed by atoms with Crippen LogP contribution < -0.4 is 5.32 Å². The number of nitrogens with one attached hydrogen (secondary N) is 3. The van der Waals surface area contributed by atoms with Crippen LogP contribution in [0.15, 0.2) is 79.1 Å². The van der Waals surface area contributed by atoms with Crippen molar-refractivity contribution in [1.29, 1.82) is 0 Å². The highest BCUT2D eigenvalue weighted by Crippen LogP contribution is 2.48. The van der Waals surface area contributed by atoms with Gasteiger partial charge in [0.2, 0.25) is 0 Å². The molecular weight excluding hydrogens is 358 g/mol. The van der Waals surface area contributed by atoms with Crippen LogP contribution in [0.3, 0.4) is 0 Å². The Kier molecular flexibility index (Phi) is 3.13. The number of anilines is 1. The van der Waals surface area contributed by atoms with E-state index in [-0.39, 0.29) is 5.78 Å². The zero-order chi connectivity index (χ0) is 19.6. The van der Waals surface area contributed by atoms with Crippen LogP contribution in [0, 0.1) is 6.92 Å². The van der Waals surface area contributed by atoms with Gasteiger partial charge in [-0.1, -0.05) is 48.0 Å². The van der Waals surface area contributed by atoms with E-state index in [1.807, 2.05) is 73.9 Å². The van der Waals surface area contributed by atoms with Gasteiger partial charge >= 0.3 is 0 Å². The third-order valence-electron chi connectivity index (χ3n) is 6.07. The molecular formula is C25H19N3O. The van der Waals surface area contributed by atoms with Crippen molar-refractivity contribution in [2.24, 2.45) is 0 Å². The van der Waals surface area contributed by atoms with Gasteiger partial charge < -0.3 is 15.3 Å². The van der Waals surface area contributed by atoms with E-state index < -0.39 is 5.54 Å². The number of H-pyrrole nitrogens is 2. The monoisotopic (exact) mass is 377 g/mol. The Labute approximate surface area is 167 Å². The van der Waals surface area contributed by atoms with Crippen LogP contribution in [0.4, 0.5) is 5.69 Å². The Hall–Kier alpha value is -3.79. The lowest BCUT2D eigenvalue weighted by Gasteiger charge is -2.28. The van der Waals surface area contributed by atoms with Gasteiger partial charge in [-0.2, -0.15) is 0 Å². The van der Waals surface area contributed by atoms with Gasteiger partial charge in [0.05, 0.1) is 0 Å². The predicted octanol–water partition coefficient (Wildman–Crippen LogP) is 5.51. The van der Waals surface area contributed by atoms with Crippen LogP contribution in [-0.2, 0) is 5.54 Å². The van der Waals surface area contributed by atoms with Crippen LogP contribution >= 0.6 is 0 Å². The fraction of sp³-hybridized carbons (Fsp3) is 0.0800. The van der Waals surface area contributed by atoms with Gasteiger partial charge in [-0.3, -0.25) is 4.79 Å². The van der Waals surface area contributed by atoms with Gasteiger partial charge in [-0.05, 0) is 31.2 Å². The summed E-state index contributed by atoms with van der Waals surface area (Å²) in [6.45, 7) is 2.02. The molecule has 5 aromatic rings. The molecule has 0 aliphatic carbocycles. The van der Waals surface area contributed by atoms with E-state index in [0.29, 0.717) is 0 Å². The molecule has 3 aromatic carbocycles. The fourth-order valence-corrected chi connectivity index (χ4v) is 4.70. The SMILES string of the molecule is Cc1ccc2c(c1)C(=O)C(c1c[nH]c3ccccc13)(c1c[nH]c3ccccc13)N2. The minimum atomic E-state index is -0.991. The first-order chi connectivity index (χ1) is 14.2. The molecule has 0 saturated heterocycles. The second kappa shape index (κ2) is 5.61. The number of aromatic nitrogens is 2. The molecule has 0 radical (unpaired) electrons. The number of hydrogen-bond acceptors (Lipinski definition) is 2. The number of ketones is 1. The van der Waals surface area contributed by atoms with E-state index in [9.17, 15) is 4.79 Å². The van der Waals surface area contributed by atoms with Crippen LogP contribution in [0.25, 0.3) is 21.8 Å². The van der Waals surface area contributed by atoms with Gasteiger partial charge in [-0.25, -0.2) is 0 Å². The summed E-state index contributed by atoms with van der Waals surface area (Å²) in [5, 5.41) is 5.71. The molecule has 0 atom stereocenters. The van der Waals surface area contributed by atoms with Crippen molar-refractivity contribution >= 4 is 33.3 Å². The lowest BCUT2D eigenvalue weighted by Crippen LogP contribution is -2.39. The molecule has 1 aliphatic rings. The smallest absolute Gasteiger partial charge is 0.199 e. The molecule has 0 amide bonds. The minimum absolute atomic E-state index is 0.0747. The molecule has 0 saturated carbocycles. The van der Waals surface area contributed by atoms with Crippen molar-refractivity contribution in [3.05, 3.63) is 101 Å². The molecule has 3 heterocycles. The summed E-state index contributed by atoms with van der Waals surface area (Å²) >= 11 is 0. The third-order valence-corrected chi connectivity index (χ3v) is 6.07. The average Bonchev–Trinajstić information content (AvgIpc) is 3.43. The number of rotatable bonds is 2. The van der Waals surface area contributed by atoms with E-state index >= 15 is 0 Å². The first-order valence-electron chi connectivity index (χ1n) is 9.75. The number of para-hydroxylation sites is 2. The number of aryl methyl sites for hydroxylation is 1. The summed E-state index contributed by atoms with van der Waals surface area (Å²) in [6.07, 6.45) is 3.94. The van der Waals surface area contributed by atoms with Gasteiger partial charge in [0, 0.05) is 56.6 Å². The second-order valence-corrected chi connectivity index (χ2v) is 7.75. The van der Waals surface area contributed by atoms with E-state index in [1.165, 1.54) is 0 Å². The van der Waals surface area contributed by atoms with Crippen LogP contribution in [0.2, 0.25) is 0 Å². The lowest BCUT2D eigenvalue weighted by atomic mass is 9.79. The number of benzene rings is 3. The number of carbonyl (C=O) groups excluding carboxylic acids is 1. The zero-order valence-electron chi connectivity index (χ0n) is 15.9. The highest BCUT2D eigenvalue weighted by atomic mass is 16.1. The van der Waals surface area contributed by atoms with Gasteiger partial charge in [0.1, 0.15) is 0 Å². The van der Waals surface area contributed by atoms with E-state index in [2.05, 4.69) is 27.4 Å². The van der Waals surface area contributed by atoms with Gasteiger partial charge in [0.25, 0.3) is 0 Å². The lowest BCUT2D eigenvalue weighted by molar-refractivity contribution is 0.0942. The van der Waals surface area contributed by atoms with Crippen molar-refractivity contribution in [1.82, 2.24) is 9.97 Å². The maximum absolute atomic E-state index is 14.1. The van der Waals surface area contributed by atoms with E-state index in [1.54, 1.807) is 0 Å². The first kappa shape index (κ1) is 16.2. The molecule has 4 nitrogen and oxygen atoms in total. The molecule has 2 aromatic heterocycles. The van der Waals surface area contributed by atoms with Crippen molar-refractivity contribution in [3.8, 4) is 0 Å². The molecule has 140 valence electrons. The number of fused-ring (bicyclic) bond motifs is 3. The van der Waals surface area contributed by atoms with Crippen molar-refractivity contribution < 1.29 is 4.79 Å². The van der Waals surface area contributed by atoms with Crippen molar-refractivity contribution in [2.75, 3.05) is 5.32 Å². The summed E-state index contributed by atoms with van der Waals surface area (Å²) in [5.41, 5.74) is 5.61. The Balaban J connectivity index is 1.72.